The van der Waals surface area contributed by atoms with Crippen molar-refractivity contribution in [1.82, 2.24) is 14.9 Å². The number of rotatable bonds is 3. The molecule has 1 aromatic rings. The van der Waals surface area contributed by atoms with Gasteiger partial charge in [0.1, 0.15) is 0 Å². The summed E-state index contributed by atoms with van der Waals surface area (Å²) in [5.41, 5.74) is 1.48. The molecule has 1 rings (SSSR count). The van der Waals surface area contributed by atoms with Crippen LogP contribution >= 0.6 is 0 Å². The Kier molecular flexibility index (Phi) is 3.09. The highest BCUT2D eigenvalue weighted by Gasteiger charge is 2.08. The van der Waals surface area contributed by atoms with Gasteiger partial charge in [-0.15, -0.1) is 0 Å². The van der Waals surface area contributed by atoms with Crippen molar-refractivity contribution in [3.63, 3.8) is 0 Å². The zero-order valence-corrected chi connectivity index (χ0v) is 8.96. The molecular weight excluding hydrogens is 162 g/mol. The van der Waals surface area contributed by atoms with Gasteiger partial charge in [-0.25, -0.2) is 4.98 Å². The maximum atomic E-state index is 4.07. The number of nitrogens with one attached hydrogen (secondary N) is 1. The van der Waals surface area contributed by atoms with Gasteiger partial charge in [-0.1, -0.05) is 0 Å². The van der Waals surface area contributed by atoms with Crippen molar-refractivity contribution in [2.24, 2.45) is 7.05 Å². The molecule has 0 radical (unpaired) electrons. The van der Waals surface area contributed by atoms with Gasteiger partial charge in [0.05, 0.1) is 6.33 Å². The molecule has 1 aromatic heterocycles. The first-order valence-electron chi connectivity index (χ1n) is 4.69. The molecule has 0 saturated carbocycles. The summed E-state index contributed by atoms with van der Waals surface area (Å²) >= 11 is 0. The molecule has 0 unspecified atom stereocenters. The molecule has 0 aliphatic carbocycles. The first-order chi connectivity index (χ1) is 5.99. The molecule has 0 aliphatic rings. The Hall–Kier alpha value is -0.830. The normalized spacial score (nSPS) is 12.0. The number of aromatic nitrogens is 2. The van der Waals surface area contributed by atoms with Crippen LogP contribution < -0.4 is 5.32 Å². The lowest BCUT2D eigenvalue weighted by atomic mass is 10.1. The third kappa shape index (κ3) is 3.59. The maximum absolute atomic E-state index is 4.07. The third-order valence-corrected chi connectivity index (χ3v) is 1.95. The minimum absolute atomic E-state index is 0.207. The van der Waals surface area contributed by atoms with Crippen LogP contribution in [-0.4, -0.2) is 21.6 Å². The molecule has 0 bridgehead atoms. The largest absolute Gasteiger partial charge is 0.338 e. The van der Waals surface area contributed by atoms with Gasteiger partial charge in [0.15, 0.2) is 0 Å². The molecular formula is C10H19N3. The smallest absolute Gasteiger partial charge is 0.0945 e. The van der Waals surface area contributed by atoms with E-state index in [0.717, 1.165) is 13.0 Å². The van der Waals surface area contributed by atoms with E-state index in [9.17, 15) is 0 Å². The lowest BCUT2D eigenvalue weighted by molar-refractivity contribution is 0.427. The maximum Gasteiger partial charge on any atom is 0.0945 e. The van der Waals surface area contributed by atoms with Crippen LogP contribution in [0.1, 0.15) is 26.5 Å². The van der Waals surface area contributed by atoms with E-state index >= 15 is 0 Å². The first kappa shape index (κ1) is 10.3. The van der Waals surface area contributed by atoms with Crippen LogP contribution in [0.3, 0.4) is 0 Å². The van der Waals surface area contributed by atoms with Crippen LogP contribution in [0, 0.1) is 0 Å². The van der Waals surface area contributed by atoms with Gasteiger partial charge in [0.2, 0.25) is 0 Å². The fourth-order valence-electron chi connectivity index (χ4n) is 1.19. The van der Waals surface area contributed by atoms with Gasteiger partial charge in [-0.2, -0.15) is 0 Å². The van der Waals surface area contributed by atoms with E-state index in [4.69, 9.17) is 0 Å². The van der Waals surface area contributed by atoms with E-state index in [-0.39, 0.29) is 5.54 Å². The van der Waals surface area contributed by atoms with Crippen molar-refractivity contribution in [2.75, 3.05) is 6.54 Å². The summed E-state index contributed by atoms with van der Waals surface area (Å²) in [5.74, 6) is 0. The van der Waals surface area contributed by atoms with Crippen LogP contribution in [0.5, 0.6) is 0 Å². The summed E-state index contributed by atoms with van der Waals surface area (Å²) in [5, 5.41) is 3.45. The molecule has 13 heavy (non-hydrogen) atoms. The average molecular weight is 181 g/mol. The molecule has 0 fully saturated rings. The Morgan fingerprint density at radius 3 is 2.62 bits per heavy atom. The quantitative estimate of drug-likeness (QED) is 0.763. The van der Waals surface area contributed by atoms with E-state index in [0.29, 0.717) is 0 Å². The highest BCUT2D eigenvalue weighted by molar-refractivity contribution is 4.98. The number of imidazole rings is 1. The van der Waals surface area contributed by atoms with Gasteiger partial charge in [-0.3, -0.25) is 0 Å². The zero-order chi connectivity index (χ0) is 9.90. The Morgan fingerprint density at radius 1 is 1.46 bits per heavy atom. The van der Waals surface area contributed by atoms with Crippen molar-refractivity contribution < 1.29 is 0 Å². The van der Waals surface area contributed by atoms with Gasteiger partial charge in [0, 0.05) is 37.4 Å². The van der Waals surface area contributed by atoms with Gasteiger partial charge < -0.3 is 9.88 Å². The summed E-state index contributed by atoms with van der Waals surface area (Å²) in [6.07, 6.45) is 4.80. The van der Waals surface area contributed by atoms with Gasteiger partial charge in [0.25, 0.3) is 0 Å². The predicted molar refractivity (Wildman–Crippen MR) is 54.7 cm³/mol. The molecule has 0 aliphatic heterocycles. The second-order valence-corrected chi connectivity index (χ2v) is 4.42. The fraction of sp³-hybridized carbons (Fsp3) is 0.700. The molecule has 1 N–H and O–H groups in total. The minimum atomic E-state index is 0.207. The summed E-state index contributed by atoms with van der Waals surface area (Å²) in [6, 6.07) is 0. The molecule has 74 valence electrons. The minimum Gasteiger partial charge on any atom is -0.338 e. The molecule has 3 nitrogen and oxygen atoms in total. The lowest BCUT2D eigenvalue weighted by Crippen LogP contribution is -2.37. The van der Waals surface area contributed by atoms with Crippen molar-refractivity contribution in [3.05, 3.63) is 18.2 Å². The number of nitrogens with zero attached hydrogens (tertiary/aromatic N) is 2. The van der Waals surface area contributed by atoms with E-state index < -0.39 is 0 Å². The third-order valence-electron chi connectivity index (χ3n) is 1.95. The summed E-state index contributed by atoms with van der Waals surface area (Å²) in [7, 11) is 2.03. The zero-order valence-electron chi connectivity index (χ0n) is 8.96. The van der Waals surface area contributed by atoms with Crippen molar-refractivity contribution in [3.8, 4) is 0 Å². The topological polar surface area (TPSA) is 29.9 Å². The molecule has 0 aromatic carbocycles. The van der Waals surface area contributed by atoms with Crippen molar-refractivity contribution in [2.45, 2.75) is 32.7 Å². The molecule has 0 atom stereocenters. The molecule has 3 heteroatoms. The number of hydrogen-bond donors (Lipinski definition) is 1. The number of hydrogen-bond acceptors (Lipinski definition) is 2. The highest BCUT2D eigenvalue weighted by Crippen LogP contribution is 2.00. The number of aryl methyl sites for hydroxylation is 1. The van der Waals surface area contributed by atoms with Crippen LogP contribution in [0.2, 0.25) is 0 Å². The summed E-state index contributed by atoms with van der Waals surface area (Å²) in [6.45, 7) is 7.53. The van der Waals surface area contributed by atoms with Crippen molar-refractivity contribution >= 4 is 0 Å². The second-order valence-electron chi connectivity index (χ2n) is 4.42. The Morgan fingerprint density at radius 2 is 2.15 bits per heavy atom. The van der Waals surface area contributed by atoms with Gasteiger partial charge in [-0.05, 0) is 20.8 Å². The van der Waals surface area contributed by atoms with Crippen molar-refractivity contribution in [1.29, 1.82) is 0 Å². The van der Waals surface area contributed by atoms with E-state index in [1.165, 1.54) is 5.69 Å². The Balaban J connectivity index is 2.32. The average Bonchev–Trinajstić information content (AvgIpc) is 2.34. The van der Waals surface area contributed by atoms with E-state index in [1.54, 1.807) is 0 Å². The standard InChI is InChI=1S/C10H19N3/c1-10(2,3)12-6-5-9-7-11-8-13(9)4/h7-8,12H,5-6H2,1-4H3. The van der Waals surface area contributed by atoms with Crippen LogP contribution in [0.15, 0.2) is 12.5 Å². The van der Waals surface area contributed by atoms with Gasteiger partial charge >= 0.3 is 0 Å². The van der Waals surface area contributed by atoms with E-state index in [2.05, 4.69) is 35.6 Å². The molecule has 0 amide bonds. The molecule has 0 spiro atoms. The molecule has 0 saturated heterocycles. The van der Waals surface area contributed by atoms with Crippen LogP contribution in [-0.2, 0) is 13.5 Å². The summed E-state index contributed by atoms with van der Waals surface area (Å²) in [4.78, 5) is 4.07. The van der Waals surface area contributed by atoms with E-state index in [1.807, 2.05) is 19.6 Å². The predicted octanol–water partition coefficient (Wildman–Crippen LogP) is 1.35. The first-order valence-corrected chi connectivity index (χ1v) is 4.69. The molecule has 1 heterocycles. The monoisotopic (exact) mass is 181 g/mol. The second kappa shape index (κ2) is 3.92. The highest BCUT2D eigenvalue weighted by atomic mass is 15.0. The fourth-order valence-corrected chi connectivity index (χ4v) is 1.19. The van der Waals surface area contributed by atoms with Crippen LogP contribution in [0.25, 0.3) is 0 Å². The SMILES string of the molecule is Cn1cncc1CCNC(C)(C)C. The van der Waals surface area contributed by atoms with Crippen LogP contribution in [0.4, 0.5) is 0 Å². The lowest BCUT2D eigenvalue weighted by Gasteiger charge is -2.20. The Labute approximate surface area is 80.2 Å². The summed E-state index contributed by atoms with van der Waals surface area (Å²) < 4.78 is 2.06. The Bertz CT molecular complexity index is 257.